The number of hydrogen-bond acceptors (Lipinski definition) is 3. The van der Waals surface area contributed by atoms with Crippen LogP contribution in [0.5, 0.6) is 0 Å². The SMILES string of the molecule is N#CCC(C(=O)c1cccc(C#N)c1)c1ccccc1. The number of ketones is 1. The molecule has 0 saturated carbocycles. The quantitative estimate of drug-likeness (QED) is 0.791. The van der Waals surface area contributed by atoms with E-state index in [4.69, 9.17) is 10.5 Å². The van der Waals surface area contributed by atoms with Gasteiger partial charge in [0.05, 0.1) is 23.6 Å². The summed E-state index contributed by atoms with van der Waals surface area (Å²) in [7, 11) is 0. The lowest BCUT2D eigenvalue weighted by Gasteiger charge is -2.13. The van der Waals surface area contributed by atoms with Crippen molar-refractivity contribution < 1.29 is 4.79 Å². The molecule has 0 heterocycles. The summed E-state index contributed by atoms with van der Waals surface area (Å²) < 4.78 is 0. The van der Waals surface area contributed by atoms with Crippen molar-refractivity contribution in [3.05, 3.63) is 71.3 Å². The van der Waals surface area contributed by atoms with Crippen molar-refractivity contribution >= 4 is 5.78 Å². The van der Waals surface area contributed by atoms with Gasteiger partial charge in [0, 0.05) is 12.0 Å². The normalized spacial score (nSPS) is 11.1. The minimum absolute atomic E-state index is 0.125. The molecule has 0 spiro atoms. The lowest BCUT2D eigenvalue weighted by molar-refractivity contribution is 0.0960. The Kier molecular flexibility index (Phi) is 4.27. The molecule has 2 aromatic rings. The Morgan fingerprint density at radius 2 is 1.80 bits per heavy atom. The highest BCUT2D eigenvalue weighted by molar-refractivity contribution is 6.01. The molecule has 0 amide bonds. The van der Waals surface area contributed by atoms with Gasteiger partial charge >= 0.3 is 0 Å². The molecule has 0 saturated heterocycles. The Morgan fingerprint density at radius 3 is 2.45 bits per heavy atom. The molecule has 1 unspecified atom stereocenters. The summed E-state index contributed by atoms with van der Waals surface area (Å²) in [5.74, 6) is -0.620. The second-order valence-corrected chi connectivity index (χ2v) is 4.38. The van der Waals surface area contributed by atoms with Crippen LogP contribution in [0.15, 0.2) is 54.6 Å². The van der Waals surface area contributed by atoms with Crippen molar-refractivity contribution in [2.45, 2.75) is 12.3 Å². The summed E-state index contributed by atoms with van der Waals surface area (Å²) >= 11 is 0. The van der Waals surface area contributed by atoms with Crippen LogP contribution < -0.4 is 0 Å². The maximum Gasteiger partial charge on any atom is 0.171 e. The van der Waals surface area contributed by atoms with E-state index in [1.54, 1.807) is 24.3 Å². The lowest BCUT2D eigenvalue weighted by atomic mass is 9.88. The Labute approximate surface area is 117 Å². The molecule has 0 bridgehead atoms. The molecule has 3 nitrogen and oxygen atoms in total. The number of carbonyl (C=O) groups is 1. The molecule has 0 aliphatic rings. The first kappa shape index (κ1) is 13.5. The van der Waals surface area contributed by atoms with Gasteiger partial charge in [-0.2, -0.15) is 10.5 Å². The fourth-order valence-corrected chi connectivity index (χ4v) is 2.08. The Morgan fingerprint density at radius 1 is 1.05 bits per heavy atom. The van der Waals surface area contributed by atoms with Gasteiger partial charge in [0.1, 0.15) is 0 Å². The molecular formula is C17H12N2O. The highest BCUT2D eigenvalue weighted by atomic mass is 16.1. The third-order valence-corrected chi connectivity index (χ3v) is 3.09. The molecular weight excluding hydrogens is 248 g/mol. The van der Waals surface area contributed by atoms with E-state index in [1.165, 1.54) is 0 Å². The smallest absolute Gasteiger partial charge is 0.171 e. The van der Waals surface area contributed by atoms with Gasteiger partial charge in [-0.1, -0.05) is 42.5 Å². The highest BCUT2D eigenvalue weighted by Gasteiger charge is 2.21. The molecule has 3 heteroatoms. The number of benzene rings is 2. The van der Waals surface area contributed by atoms with Crippen molar-refractivity contribution in [2.75, 3.05) is 0 Å². The predicted octanol–water partition coefficient (Wildman–Crippen LogP) is 3.44. The van der Waals surface area contributed by atoms with Gasteiger partial charge in [-0.25, -0.2) is 0 Å². The molecule has 20 heavy (non-hydrogen) atoms. The van der Waals surface area contributed by atoms with E-state index in [-0.39, 0.29) is 12.2 Å². The van der Waals surface area contributed by atoms with Gasteiger partial charge in [0.2, 0.25) is 0 Å². The minimum Gasteiger partial charge on any atom is -0.293 e. The van der Waals surface area contributed by atoms with Gasteiger partial charge in [0.15, 0.2) is 5.78 Å². The van der Waals surface area contributed by atoms with Crippen LogP contribution in [0.2, 0.25) is 0 Å². The summed E-state index contributed by atoms with van der Waals surface area (Å²) in [5.41, 5.74) is 1.73. The standard InChI is InChI=1S/C17H12N2O/c18-10-9-16(14-6-2-1-3-7-14)17(20)15-8-4-5-13(11-15)12-19/h1-8,11,16H,9H2. The number of nitriles is 2. The van der Waals surface area contributed by atoms with Crippen LogP contribution in [0.4, 0.5) is 0 Å². The maximum absolute atomic E-state index is 12.5. The molecule has 0 aromatic heterocycles. The Hall–Kier alpha value is -2.91. The maximum atomic E-state index is 12.5. The molecule has 2 aromatic carbocycles. The van der Waals surface area contributed by atoms with Crippen molar-refractivity contribution in [2.24, 2.45) is 0 Å². The zero-order valence-corrected chi connectivity index (χ0v) is 10.8. The van der Waals surface area contributed by atoms with E-state index < -0.39 is 5.92 Å². The molecule has 2 rings (SSSR count). The molecule has 0 N–H and O–H groups in total. The second kappa shape index (κ2) is 6.31. The van der Waals surface area contributed by atoms with Crippen LogP contribution in [0.1, 0.15) is 33.8 Å². The number of nitrogens with zero attached hydrogens (tertiary/aromatic N) is 2. The molecule has 0 aliphatic heterocycles. The highest BCUT2D eigenvalue weighted by Crippen LogP contribution is 2.24. The van der Waals surface area contributed by atoms with Crippen LogP contribution in [-0.2, 0) is 0 Å². The molecule has 1 atom stereocenters. The van der Waals surface area contributed by atoms with Crippen LogP contribution in [-0.4, -0.2) is 5.78 Å². The van der Waals surface area contributed by atoms with Crippen molar-refractivity contribution in [3.8, 4) is 12.1 Å². The van der Waals surface area contributed by atoms with Crippen molar-refractivity contribution in [1.82, 2.24) is 0 Å². The van der Waals surface area contributed by atoms with Gasteiger partial charge < -0.3 is 0 Å². The van der Waals surface area contributed by atoms with Gasteiger partial charge in [-0.05, 0) is 17.7 Å². The van der Waals surface area contributed by atoms with E-state index >= 15 is 0 Å². The first-order valence-electron chi connectivity index (χ1n) is 6.22. The number of rotatable bonds is 4. The zero-order chi connectivity index (χ0) is 14.4. The number of carbonyl (C=O) groups excluding carboxylic acids is 1. The second-order valence-electron chi connectivity index (χ2n) is 4.38. The fraction of sp³-hybridized carbons (Fsp3) is 0.118. The third kappa shape index (κ3) is 2.91. The monoisotopic (exact) mass is 260 g/mol. The number of hydrogen-bond donors (Lipinski definition) is 0. The average Bonchev–Trinajstić information content (AvgIpc) is 2.53. The van der Waals surface area contributed by atoms with Crippen LogP contribution in [0.25, 0.3) is 0 Å². The summed E-state index contributed by atoms with van der Waals surface area (Å²) in [6.45, 7) is 0. The van der Waals surface area contributed by atoms with E-state index in [9.17, 15) is 4.79 Å². The fourth-order valence-electron chi connectivity index (χ4n) is 2.08. The molecule has 0 radical (unpaired) electrons. The van der Waals surface area contributed by atoms with Gasteiger partial charge in [-0.15, -0.1) is 0 Å². The first-order chi connectivity index (χ1) is 9.76. The van der Waals surface area contributed by atoms with Gasteiger partial charge in [0.25, 0.3) is 0 Å². The molecule has 0 fully saturated rings. The van der Waals surface area contributed by atoms with Crippen molar-refractivity contribution in [3.63, 3.8) is 0 Å². The summed E-state index contributed by atoms with van der Waals surface area (Å²) in [6.07, 6.45) is 0.125. The first-order valence-corrected chi connectivity index (χ1v) is 6.22. The minimum atomic E-state index is -0.491. The summed E-state index contributed by atoms with van der Waals surface area (Å²) in [4.78, 5) is 12.5. The third-order valence-electron chi connectivity index (χ3n) is 3.09. The topological polar surface area (TPSA) is 64.7 Å². The Bertz CT molecular complexity index is 693. The Balaban J connectivity index is 2.37. The van der Waals surface area contributed by atoms with E-state index in [2.05, 4.69) is 6.07 Å². The van der Waals surface area contributed by atoms with Crippen LogP contribution in [0, 0.1) is 22.7 Å². The largest absolute Gasteiger partial charge is 0.293 e. The van der Waals surface area contributed by atoms with E-state index in [0.717, 1.165) is 5.56 Å². The number of Topliss-reactive ketones (excluding diaryl/α,β-unsaturated/α-hetero) is 1. The van der Waals surface area contributed by atoms with Gasteiger partial charge in [-0.3, -0.25) is 4.79 Å². The van der Waals surface area contributed by atoms with Crippen molar-refractivity contribution in [1.29, 1.82) is 10.5 Å². The van der Waals surface area contributed by atoms with Crippen LogP contribution >= 0.6 is 0 Å². The van der Waals surface area contributed by atoms with E-state index in [0.29, 0.717) is 11.1 Å². The lowest BCUT2D eigenvalue weighted by Crippen LogP contribution is -2.12. The molecule has 96 valence electrons. The molecule has 0 aliphatic carbocycles. The average molecular weight is 260 g/mol. The summed E-state index contributed by atoms with van der Waals surface area (Å²) in [6, 6.07) is 19.9. The van der Waals surface area contributed by atoms with Crippen LogP contribution in [0.3, 0.4) is 0 Å². The summed E-state index contributed by atoms with van der Waals surface area (Å²) in [5, 5.41) is 17.8. The predicted molar refractivity (Wildman–Crippen MR) is 74.9 cm³/mol. The zero-order valence-electron chi connectivity index (χ0n) is 10.8. The van der Waals surface area contributed by atoms with E-state index in [1.807, 2.05) is 36.4 Å².